The second kappa shape index (κ2) is 5.18. The van der Waals surface area contributed by atoms with Gasteiger partial charge < -0.3 is 16.4 Å². The Labute approximate surface area is 109 Å². The molecule has 0 saturated heterocycles. The predicted molar refractivity (Wildman–Crippen MR) is 73.7 cm³/mol. The molecule has 2 rings (SSSR count). The molecule has 2 aromatic heterocycles. The highest BCUT2D eigenvalue weighted by Gasteiger charge is 2.09. The normalized spacial score (nSPS) is 10.6. The lowest BCUT2D eigenvalue weighted by molar-refractivity contribution is -0.120. The quantitative estimate of drug-likeness (QED) is 0.770. The van der Waals surface area contributed by atoms with Crippen molar-refractivity contribution in [2.24, 2.45) is 0 Å². The monoisotopic (exact) mass is 265 g/mol. The van der Waals surface area contributed by atoms with E-state index < -0.39 is 0 Å². The molecule has 7 heteroatoms. The second-order valence-electron chi connectivity index (χ2n) is 3.86. The van der Waals surface area contributed by atoms with Crippen molar-refractivity contribution in [1.29, 1.82) is 0 Å². The van der Waals surface area contributed by atoms with Crippen molar-refractivity contribution in [2.45, 2.75) is 13.3 Å². The molecule has 0 unspecified atom stereocenters. The zero-order chi connectivity index (χ0) is 13.1. The molecule has 96 valence electrons. The van der Waals surface area contributed by atoms with Crippen LogP contribution in [0.2, 0.25) is 0 Å². The maximum atomic E-state index is 11.1. The molecular formula is C11H15N5OS. The van der Waals surface area contributed by atoms with Gasteiger partial charge in [0.1, 0.15) is 10.6 Å². The number of nitrogen functional groups attached to an aromatic ring is 1. The lowest BCUT2D eigenvalue weighted by atomic mass is 10.3. The molecular weight excluding hydrogens is 250 g/mol. The molecule has 0 bridgehead atoms. The van der Waals surface area contributed by atoms with Crippen LogP contribution in [0.4, 0.5) is 11.8 Å². The number of hydrogen-bond acceptors (Lipinski definition) is 6. The second-order valence-corrected chi connectivity index (χ2v) is 5.09. The maximum Gasteiger partial charge on any atom is 0.223 e. The summed E-state index contributed by atoms with van der Waals surface area (Å²) in [5.74, 6) is 0.916. The lowest BCUT2D eigenvalue weighted by Crippen LogP contribution is -2.21. The molecule has 0 saturated carbocycles. The summed E-state index contributed by atoms with van der Waals surface area (Å²) in [4.78, 5) is 21.5. The van der Waals surface area contributed by atoms with Crippen LogP contribution >= 0.6 is 11.3 Å². The third-order valence-corrected chi connectivity index (χ3v) is 3.40. The number of carbonyl (C=O) groups is 1. The summed E-state index contributed by atoms with van der Waals surface area (Å²) in [5.41, 5.74) is 5.66. The number of fused-ring (bicyclic) bond motifs is 1. The predicted octanol–water partition coefficient (Wildman–Crippen LogP) is 1.13. The van der Waals surface area contributed by atoms with E-state index in [0.29, 0.717) is 18.8 Å². The molecule has 0 aromatic carbocycles. The topological polar surface area (TPSA) is 92.9 Å². The molecule has 0 spiro atoms. The minimum atomic E-state index is -0.0118. The fourth-order valence-electron chi connectivity index (χ4n) is 1.61. The highest BCUT2D eigenvalue weighted by molar-refractivity contribution is 7.18. The number of hydrogen-bond donors (Lipinski definition) is 3. The van der Waals surface area contributed by atoms with E-state index in [9.17, 15) is 4.79 Å². The van der Waals surface area contributed by atoms with Crippen LogP contribution in [0, 0.1) is 6.92 Å². The number of nitrogens with two attached hydrogens (primary N) is 1. The van der Waals surface area contributed by atoms with E-state index in [1.807, 2.05) is 13.0 Å². The molecule has 0 aliphatic heterocycles. The molecule has 0 fully saturated rings. The van der Waals surface area contributed by atoms with Crippen LogP contribution in [0.1, 0.15) is 11.3 Å². The van der Waals surface area contributed by atoms with Gasteiger partial charge in [0, 0.05) is 24.9 Å². The Hall–Kier alpha value is -1.89. The van der Waals surface area contributed by atoms with Crippen molar-refractivity contribution >= 4 is 39.2 Å². The van der Waals surface area contributed by atoms with Crippen LogP contribution < -0.4 is 16.4 Å². The average molecular weight is 265 g/mol. The van der Waals surface area contributed by atoms with Gasteiger partial charge in [-0.3, -0.25) is 4.79 Å². The summed E-state index contributed by atoms with van der Waals surface area (Å²) in [6.07, 6.45) is 0.394. The van der Waals surface area contributed by atoms with Gasteiger partial charge in [0.2, 0.25) is 11.9 Å². The van der Waals surface area contributed by atoms with Gasteiger partial charge in [-0.1, -0.05) is 0 Å². The van der Waals surface area contributed by atoms with Gasteiger partial charge >= 0.3 is 0 Å². The molecule has 0 atom stereocenters. The molecule has 0 aliphatic rings. The highest BCUT2D eigenvalue weighted by Crippen LogP contribution is 2.28. The number of thiophene rings is 1. The zero-order valence-electron chi connectivity index (χ0n) is 10.3. The standard InChI is InChI=1S/C11H15N5OS/c1-6-5-7-9(14-4-3-8(17)13-2)15-11(12)16-10(7)18-6/h5H,3-4H2,1-2H3,(H,13,17)(H3,12,14,15,16). The Bertz CT molecular complexity index is 580. The molecule has 2 heterocycles. The maximum absolute atomic E-state index is 11.1. The van der Waals surface area contributed by atoms with E-state index in [1.54, 1.807) is 18.4 Å². The number of aryl methyl sites for hydroxylation is 1. The minimum Gasteiger partial charge on any atom is -0.369 e. The van der Waals surface area contributed by atoms with Crippen LogP contribution in [-0.2, 0) is 4.79 Å². The summed E-state index contributed by atoms with van der Waals surface area (Å²) in [6, 6.07) is 2.02. The first-order chi connectivity index (χ1) is 8.60. The summed E-state index contributed by atoms with van der Waals surface area (Å²) in [7, 11) is 1.62. The number of anilines is 2. The van der Waals surface area contributed by atoms with Crippen LogP contribution in [0.5, 0.6) is 0 Å². The van der Waals surface area contributed by atoms with Gasteiger partial charge in [0.25, 0.3) is 0 Å². The SMILES string of the molecule is CNC(=O)CCNc1nc(N)nc2sc(C)cc12. The fourth-order valence-corrected chi connectivity index (χ4v) is 2.50. The van der Waals surface area contributed by atoms with Crippen molar-refractivity contribution in [3.05, 3.63) is 10.9 Å². The minimum absolute atomic E-state index is 0.0118. The first-order valence-electron chi connectivity index (χ1n) is 5.58. The van der Waals surface area contributed by atoms with Crippen molar-refractivity contribution in [2.75, 3.05) is 24.6 Å². The summed E-state index contributed by atoms with van der Waals surface area (Å²) in [6.45, 7) is 2.52. The number of carbonyl (C=O) groups excluding carboxylic acids is 1. The number of rotatable bonds is 4. The van der Waals surface area contributed by atoms with Crippen molar-refractivity contribution < 1.29 is 4.79 Å². The Balaban J connectivity index is 2.19. The van der Waals surface area contributed by atoms with Crippen LogP contribution in [0.25, 0.3) is 10.2 Å². The van der Waals surface area contributed by atoms with E-state index in [0.717, 1.165) is 15.1 Å². The van der Waals surface area contributed by atoms with Crippen LogP contribution in [0.15, 0.2) is 6.07 Å². The van der Waals surface area contributed by atoms with Gasteiger partial charge in [0.15, 0.2) is 0 Å². The van der Waals surface area contributed by atoms with E-state index in [4.69, 9.17) is 5.73 Å². The van der Waals surface area contributed by atoms with E-state index in [2.05, 4.69) is 20.6 Å². The van der Waals surface area contributed by atoms with Crippen LogP contribution in [0.3, 0.4) is 0 Å². The highest BCUT2D eigenvalue weighted by atomic mass is 32.1. The molecule has 0 aliphatic carbocycles. The summed E-state index contributed by atoms with van der Waals surface area (Å²) >= 11 is 1.57. The number of aromatic nitrogens is 2. The number of nitrogens with zero attached hydrogens (tertiary/aromatic N) is 2. The Morgan fingerprint density at radius 3 is 3.00 bits per heavy atom. The molecule has 18 heavy (non-hydrogen) atoms. The van der Waals surface area contributed by atoms with Crippen LogP contribution in [-0.4, -0.2) is 29.5 Å². The smallest absolute Gasteiger partial charge is 0.223 e. The van der Waals surface area contributed by atoms with E-state index in [1.165, 1.54) is 0 Å². The fraction of sp³-hybridized carbons (Fsp3) is 0.364. The van der Waals surface area contributed by atoms with Crippen molar-refractivity contribution in [3.8, 4) is 0 Å². The Kier molecular flexibility index (Phi) is 3.61. The molecule has 0 radical (unpaired) electrons. The Morgan fingerprint density at radius 2 is 2.28 bits per heavy atom. The van der Waals surface area contributed by atoms with Gasteiger partial charge in [-0.2, -0.15) is 4.98 Å². The third kappa shape index (κ3) is 2.67. The molecule has 2 aromatic rings. The molecule has 6 nitrogen and oxygen atoms in total. The summed E-state index contributed by atoms with van der Waals surface area (Å²) in [5, 5.41) is 6.64. The first-order valence-corrected chi connectivity index (χ1v) is 6.40. The van der Waals surface area contributed by atoms with Gasteiger partial charge in [-0.15, -0.1) is 11.3 Å². The van der Waals surface area contributed by atoms with Gasteiger partial charge in [-0.25, -0.2) is 4.98 Å². The molecule has 1 amide bonds. The van der Waals surface area contributed by atoms with Gasteiger partial charge in [-0.05, 0) is 13.0 Å². The lowest BCUT2D eigenvalue weighted by Gasteiger charge is -2.06. The summed E-state index contributed by atoms with van der Waals surface area (Å²) < 4.78 is 0. The average Bonchev–Trinajstić information content (AvgIpc) is 2.69. The van der Waals surface area contributed by atoms with Gasteiger partial charge in [0.05, 0.1) is 5.39 Å². The van der Waals surface area contributed by atoms with E-state index >= 15 is 0 Å². The van der Waals surface area contributed by atoms with Crippen molar-refractivity contribution in [3.63, 3.8) is 0 Å². The molecule has 4 N–H and O–H groups in total. The Morgan fingerprint density at radius 1 is 1.50 bits per heavy atom. The third-order valence-electron chi connectivity index (χ3n) is 2.46. The zero-order valence-corrected chi connectivity index (χ0v) is 11.1. The van der Waals surface area contributed by atoms with Crippen molar-refractivity contribution in [1.82, 2.24) is 15.3 Å². The number of amides is 1. The largest absolute Gasteiger partial charge is 0.369 e. The van der Waals surface area contributed by atoms with E-state index in [-0.39, 0.29) is 11.9 Å². The first kappa shape index (κ1) is 12.6. The number of nitrogens with one attached hydrogen (secondary N) is 2.